The first kappa shape index (κ1) is 34.4. The van der Waals surface area contributed by atoms with Crippen LogP contribution in [0.2, 0.25) is 0 Å². The molecule has 49 heavy (non-hydrogen) atoms. The van der Waals surface area contributed by atoms with E-state index in [2.05, 4.69) is 85.6 Å². The van der Waals surface area contributed by atoms with Crippen LogP contribution in [-0.2, 0) is 0 Å². The van der Waals surface area contributed by atoms with Gasteiger partial charge in [-0.1, -0.05) is 86.3 Å². The summed E-state index contributed by atoms with van der Waals surface area (Å²) in [4.78, 5) is 3.27. The molecule has 1 aliphatic heterocycles. The maximum atomic E-state index is 6.32. The van der Waals surface area contributed by atoms with E-state index in [0.717, 1.165) is 84.1 Å². The van der Waals surface area contributed by atoms with Crippen molar-refractivity contribution in [2.24, 2.45) is 82.7 Å². The van der Waals surface area contributed by atoms with E-state index in [1.54, 1.807) is 5.57 Å². The average molecular weight is 663 g/mol. The molecule has 1 saturated heterocycles. The van der Waals surface area contributed by atoms with Gasteiger partial charge < -0.3 is 5.73 Å². The molecule has 2 N–H and O–H groups in total. The highest BCUT2D eigenvalue weighted by Gasteiger charge is 2.51. The van der Waals surface area contributed by atoms with Crippen LogP contribution in [0.4, 0.5) is 0 Å². The zero-order valence-corrected chi connectivity index (χ0v) is 31.3. The molecule has 13 unspecified atom stereocenters. The van der Waals surface area contributed by atoms with Gasteiger partial charge in [-0.3, -0.25) is 4.90 Å². The molecule has 7 aliphatic carbocycles. The van der Waals surface area contributed by atoms with Gasteiger partial charge in [0.05, 0.1) is 0 Å². The highest BCUT2D eigenvalue weighted by molar-refractivity contribution is 5.21. The van der Waals surface area contributed by atoms with E-state index in [4.69, 9.17) is 5.73 Å². The van der Waals surface area contributed by atoms with Gasteiger partial charge in [0.1, 0.15) is 0 Å². The molecule has 1 heterocycles. The van der Waals surface area contributed by atoms with Crippen LogP contribution in [0.1, 0.15) is 117 Å². The number of nitrogens with two attached hydrogens (primary N) is 1. The number of allylic oxidation sites excluding steroid dienone is 10. The highest BCUT2D eigenvalue weighted by atomic mass is 15.2. The van der Waals surface area contributed by atoms with Gasteiger partial charge in [0.25, 0.3) is 0 Å². The van der Waals surface area contributed by atoms with Crippen LogP contribution in [0.3, 0.4) is 0 Å². The second-order valence-electron chi connectivity index (χ2n) is 18.4. The first-order valence-corrected chi connectivity index (χ1v) is 21.6. The standard InChI is InChI=1S/C47H70N2/c1-3-11-40(30-48)34-20-23-36(24-21-34)45-31-49(46-19-10-15-35-13-6-7-17-43(35)46)47-29-39(38-25-22-33-12-4-5-14-37(33)28-38)26-27-42(47)32(2)41-16-8-9-18-44(41)45/h4,6,8-13,16,18-19,32-39,41-47H,3,5,7,14-15,17,20-31,48H2,1-2H3/b40-11+. The average Bonchev–Trinajstić information content (AvgIpc) is 3.16. The van der Waals surface area contributed by atoms with Crippen LogP contribution in [0.5, 0.6) is 0 Å². The van der Waals surface area contributed by atoms with E-state index in [1.807, 2.05) is 0 Å². The van der Waals surface area contributed by atoms with Gasteiger partial charge in [0.15, 0.2) is 0 Å². The fourth-order valence-electron chi connectivity index (χ4n) is 13.8. The number of fused-ring (bicyclic) bond motifs is 4. The fourth-order valence-corrected chi connectivity index (χ4v) is 13.8. The smallest absolute Gasteiger partial charge is 0.0315 e. The largest absolute Gasteiger partial charge is 0.327 e. The summed E-state index contributed by atoms with van der Waals surface area (Å²) in [6.45, 7) is 7.07. The van der Waals surface area contributed by atoms with Gasteiger partial charge in [0, 0.05) is 25.2 Å². The number of hydrogen-bond acceptors (Lipinski definition) is 2. The van der Waals surface area contributed by atoms with Crippen LogP contribution >= 0.6 is 0 Å². The van der Waals surface area contributed by atoms with E-state index in [1.165, 1.54) is 103 Å². The molecule has 0 radical (unpaired) electrons. The lowest BCUT2D eigenvalue weighted by Gasteiger charge is -2.57. The third-order valence-corrected chi connectivity index (χ3v) is 16.4. The van der Waals surface area contributed by atoms with E-state index in [0.29, 0.717) is 17.9 Å². The predicted molar refractivity (Wildman–Crippen MR) is 208 cm³/mol. The number of likely N-dealkylation sites (tertiary alicyclic amines) is 1. The minimum absolute atomic E-state index is 0.621. The summed E-state index contributed by atoms with van der Waals surface area (Å²) >= 11 is 0. The van der Waals surface area contributed by atoms with Crippen molar-refractivity contribution in [3.8, 4) is 0 Å². The van der Waals surface area contributed by atoms with Crippen LogP contribution in [0.15, 0.2) is 72.4 Å². The monoisotopic (exact) mass is 663 g/mol. The lowest BCUT2D eigenvalue weighted by molar-refractivity contribution is -0.0591. The van der Waals surface area contributed by atoms with Crippen LogP contribution in [-0.4, -0.2) is 30.1 Å². The summed E-state index contributed by atoms with van der Waals surface area (Å²) in [6, 6.07) is 1.36. The Bertz CT molecular complexity index is 1290. The van der Waals surface area contributed by atoms with Gasteiger partial charge in [-0.25, -0.2) is 0 Å². The number of hydrogen-bond donors (Lipinski definition) is 1. The predicted octanol–water partition coefficient (Wildman–Crippen LogP) is 11.1. The maximum Gasteiger partial charge on any atom is 0.0315 e. The molecule has 0 aromatic rings. The van der Waals surface area contributed by atoms with Crippen molar-refractivity contribution in [3.63, 3.8) is 0 Å². The van der Waals surface area contributed by atoms with E-state index < -0.39 is 0 Å². The Labute approximate surface area is 300 Å². The Morgan fingerprint density at radius 3 is 2.22 bits per heavy atom. The minimum atomic E-state index is 0.621. The lowest BCUT2D eigenvalue weighted by Crippen LogP contribution is -2.59. The van der Waals surface area contributed by atoms with E-state index >= 15 is 0 Å². The van der Waals surface area contributed by atoms with Crippen molar-refractivity contribution in [3.05, 3.63) is 72.4 Å². The molecule has 3 saturated carbocycles. The summed E-state index contributed by atoms with van der Waals surface area (Å²) in [5, 5.41) is 0. The third-order valence-electron chi connectivity index (χ3n) is 16.4. The molecule has 2 heteroatoms. The number of nitrogens with zero attached hydrogens (tertiary/aromatic N) is 1. The molecule has 2 nitrogen and oxygen atoms in total. The Morgan fingerprint density at radius 2 is 1.41 bits per heavy atom. The van der Waals surface area contributed by atoms with Gasteiger partial charge in [0.2, 0.25) is 0 Å². The topological polar surface area (TPSA) is 29.3 Å². The Morgan fingerprint density at radius 1 is 0.673 bits per heavy atom. The first-order valence-electron chi connectivity index (χ1n) is 21.6. The Kier molecular flexibility index (Phi) is 10.9. The summed E-state index contributed by atoms with van der Waals surface area (Å²) in [7, 11) is 0. The Hall–Kier alpha value is -1.64. The summed E-state index contributed by atoms with van der Waals surface area (Å²) in [5.41, 5.74) is 7.86. The molecule has 268 valence electrons. The molecule has 4 fully saturated rings. The van der Waals surface area contributed by atoms with Gasteiger partial charge in [-0.15, -0.1) is 0 Å². The summed E-state index contributed by atoms with van der Waals surface area (Å²) in [5.74, 6) is 10.6. The van der Waals surface area contributed by atoms with Crippen molar-refractivity contribution in [1.82, 2.24) is 4.90 Å². The Balaban J connectivity index is 1.11. The van der Waals surface area contributed by atoms with Crippen molar-refractivity contribution in [1.29, 1.82) is 0 Å². The van der Waals surface area contributed by atoms with Crippen molar-refractivity contribution in [2.75, 3.05) is 13.1 Å². The summed E-state index contributed by atoms with van der Waals surface area (Å²) < 4.78 is 0. The van der Waals surface area contributed by atoms with Gasteiger partial charge in [-0.2, -0.15) is 0 Å². The van der Waals surface area contributed by atoms with Gasteiger partial charge >= 0.3 is 0 Å². The van der Waals surface area contributed by atoms with E-state index in [9.17, 15) is 0 Å². The third kappa shape index (κ3) is 6.98. The molecule has 0 aromatic carbocycles. The van der Waals surface area contributed by atoms with E-state index in [-0.39, 0.29) is 0 Å². The molecular weight excluding hydrogens is 593 g/mol. The van der Waals surface area contributed by atoms with Crippen molar-refractivity contribution >= 4 is 0 Å². The first-order chi connectivity index (χ1) is 24.1. The zero-order valence-electron chi connectivity index (χ0n) is 31.3. The second-order valence-corrected chi connectivity index (χ2v) is 18.4. The zero-order chi connectivity index (χ0) is 33.3. The normalized spacial score (nSPS) is 47.0. The lowest BCUT2D eigenvalue weighted by atomic mass is 9.57. The molecule has 0 aromatic heterocycles. The van der Waals surface area contributed by atoms with Crippen LogP contribution < -0.4 is 5.73 Å². The number of rotatable bonds is 6. The molecule has 0 bridgehead atoms. The van der Waals surface area contributed by atoms with Crippen molar-refractivity contribution in [2.45, 2.75) is 129 Å². The molecule has 0 spiro atoms. The van der Waals surface area contributed by atoms with Crippen LogP contribution in [0, 0.1) is 76.9 Å². The van der Waals surface area contributed by atoms with Crippen molar-refractivity contribution < 1.29 is 0 Å². The maximum absolute atomic E-state index is 6.32. The minimum Gasteiger partial charge on any atom is -0.327 e. The SMILES string of the molecule is CC/C=C(\CN)C1CCC(C2CN(C3C=CCC4C=CCCC43)C3CC(C4CCC5C=CCCC5C4)CCC3C(C)C3C=CC=CC32)CC1. The fraction of sp³-hybridized carbons (Fsp3) is 0.745. The summed E-state index contributed by atoms with van der Waals surface area (Å²) in [6.07, 6.45) is 50.5. The molecule has 13 atom stereocenters. The second kappa shape index (κ2) is 15.5. The van der Waals surface area contributed by atoms with Crippen LogP contribution in [0.25, 0.3) is 0 Å². The molecule has 8 aliphatic rings. The molecule has 8 rings (SSSR count). The highest BCUT2D eigenvalue weighted by Crippen LogP contribution is 2.54. The molecular formula is C47H70N2. The quantitative estimate of drug-likeness (QED) is 0.287. The molecule has 0 amide bonds. The van der Waals surface area contributed by atoms with Gasteiger partial charge in [-0.05, 0) is 180 Å².